The number of rotatable bonds is 5. The molecular formula is C18H22ClF3N2O5. The lowest BCUT2D eigenvalue weighted by Gasteiger charge is -2.29. The van der Waals surface area contributed by atoms with E-state index < -0.39 is 52.9 Å². The summed E-state index contributed by atoms with van der Waals surface area (Å²) in [4.78, 5) is 35.8. The Hall–Kier alpha value is -2.49. The molecule has 0 aliphatic rings. The summed E-state index contributed by atoms with van der Waals surface area (Å²) in [6.45, 7) is 5.68. The van der Waals surface area contributed by atoms with Crippen LogP contribution in [0.3, 0.4) is 0 Å². The molecular weight excluding hydrogens is 417 g/mol. The highest BCUT2D eigenvalue weighted by Crippen LogP contribution is 2.36. The van der Waals surface area contributed by atoms with Crippen LogP contribution in [-0.4, -0.2) is 46.2 Å². The molecule has 11 heteroatoms. The number of amides is 2. The number of carboxylic acids is 1. The number of carbonyl (C=O) groups is 3. The lowest BCUT2D eigenvalue weighted by atomic mass is 10.1. The number of carbonyl (C=O) groups excluding carboxylic acids is 2. The van der Waals surface area contributed by atoms with E-state index in [9.17, 15) is 27.6 Å². The number of nitrogens with one attached hydrogen (secondary N) is 1. The molecule has 1 aromatic rings. The fourth-order valence-corrected chi connectivity index (χ4v) is 2.60. The van der Waals surface area contributed by atoms with E-state index in [0.29, 0.717) is 0 Å². The van der Waals surface area contributed by atoms with Crippen LogP contribution >= 0.6 is 11.6 Å². The Morgan fingerprint density at radius 1 is 1.24 bits per heavy atom. The van der Waals surface area contributed by atoms with Gasteiger partial charge in [0, 0.05) is 19.1 Å². The third-order valence-electron chi connectivity index (χ3n) is 3.64. The van der Waals surface area contributed by atoms with Gasteiger partial charge in [0.05, 0.1) is 10.6 Å². The SMILES string of the molecule is CC(CNC(=O)OC(C)(C)C)N(Cc1cccc(C(F)(F)F)c1Cl)C(=O)C(=O)O. The molecule has 0 aromatic heterocycles. The number of hydrogen-bond donors (Lipinski definition) is 2. The smallest absolute Gasteiger partial charge is 0.417 e. The topological polar surface area (TPSA) is 95.9 Å². The standard InChI is InChI=1S/C18H22ClF3N2O5/c1-10(8-23-16(28)29-17(2,3)4)24(14(25)15(26)27)9-11-6-5-7-12(13(11)19)18(20,21)22/h5-7,10H,8-9H2,1-4H3,(H,23,28)(H,26,27). The zero-order valence-electron chi connectivity index (χ0n) is 16.3. The Morgan fingerprint density at radius 3 is 2.31 bits per heavy atom. The summed E-state index contributed by atoms with van der Waals surface area (Å²) in [5.74, 6) is -3.14. The molecule has 0 bridgehead atoms. The van der Waals surface area contributed by atoms with Crippen molar-refractivity contribution in [2.24, 2.45) is 0 Å². The van der Waals surface area contributed by atoms with Crippen LogP contribution in [0.1, 0.15) is 38.8 Å². The summed E-state index contributed by atoms with van der Waals surface area (Å²) in [6.07, 6.45) is -5.50. The first-order valence-electron chi connectivity index (χ1n) is 8.48. The highest BCUT2D eigenvalue weighted by molar-refractivity contribution is 6.33. The molecule has 7 nitrogen and oxygen atoms in total. The second kappa shape index (κ2) is 9.34. The molecule has 0 spiro atoms. The predicted molar refractivity (Wildman–Crippen MR) is 98.3 cm³/mol. The van der Waals surface area contributed by atoms with Gasteiger partial charge in [0.25, 0.3) is 0 Å². The lowest BCUT2D eigenvalue weighted by molar-refractivity contribution is -0.157. The van der Waals surface area contributed by atoms with Crippen LogP contribution in [0.2, 0.25) is 5.02 Å². The predicted octanol–water partition coefficient (Wildman–Crippen LogP) is 3.69. The molecule has 0 aliphatic heterocycles. The van der Waals surface area contributed by atoms with Gasteiger partial charge < -0.3 is 20.1 Å². The van der Waals surface area contributed by atoms with Crippen molar-refractivity contribution in [3.8, 4) is 0 Å². The van der Waals surface area contributed by atoms with Crippen molar-refractivity contribution < 1.29 is 37.4 Å². The summed E-state index contributed by atoms with van der Waals surface area (Å²) in [5.41, 5.74) is -1.95. The van der Waals surface area contributed by atoms with Crippen molar-refractivity contribution in [2.75, 3.05) is 6.54 Å². The van der Waals surface area contributed by atoms with Gasteiger partial charge >= 0.3 is 24.1 Å². The maximum atomic E-state index is 13.0. The van der Waals surface area contributed by atoms with Gasteiger partial charge in [-0.3, -0.25) is 4.79 Å². The normalized spacial score (nSPS) is 12.8. The van der Waals surface area contributed by atoms with E-state index in [2.05, 4.69) is 5.32 Å². The molecule has 162 valence electrons. The maximum absolute atomic E-state index is 13.0. The lowest BCUT2D eigenvalue weighted by Crippen LogP contribution is -2.48. The molecule has 1 aromatic carbocycles. The van der Waals surface area contributed by atoms with Crippen LogP contribution in [0, 0.1) is 0 Å². The van der Waals surface area contributed by atoms with Crippen molar-refractivity contribution >= 4 is 29.6 Å². The van der Waals surface area contributed by atoms with E-state index >= 15 is 0 Å². The summed E-state index contributed by atoms with van der Waals surface area (Å²) in [6, 6.07) is 2.27. The van der Waals surface area contributed by atoms with Crippen LogP contribution in [0.5, 0.6) is 0 Å². The van der Waals surface area contributed by atoms with Crippen LogP contribution < -0.4 is 5.32 Å². The van der Waals surface area contributed by atoms with E-state index in [0.717, 1.165) is 17.0 Å². The number of hydrogen-bond acceptors (Lipinski definition) is 4. The molecule has 29 heavy (non-hydrogen) atoms. The molecule has 0 aliphatic carbocycles. The summed E-state index contributed by atoms with van der Waals surface area (Å²) < 4.78 is 44.2. The molecule has 0 heterocycles. The molecule has 1 atom stereocenters. The molecule has 2 amide bonds. The Kier molecular flexibility index (Phi) is 7.90. The zero-order valence-corrected chi connectivity index (χ0v) is 17.0. The van der Waals surface area contributed by atoms with Gasteiger partial charge in [-0.1, -0.05) is 23.7 Å². The Balaban J connectivity index is 3.05. The fraction of sp³-hybridized carbons (Fsp3) is 0.500. The van der Waals surface area contributed by atoms with Crippen LogP contribution in [-0.2, 0) is 27.0 Å². The minimum atomic E-state index is -4.71. The minimum Gasteiger partial charge on any atom is -0.474 e. The number of alkyl carbamates (subject to hydrolysis) is 1. The van der Waals surface area contributed by atoms with Crippen LogP contribution in [0.15, 0.2) is 18.2 Å². The van der Waals surface area contributed by atoms with Gasteiger partial charge in [0.15, 0.2) is 0 Å². The van der Waals surface area contributed by atoms with Gasteiger partial charge in [-0.15, -0.1) is 0 Å². The molecule has 0 radical (unpaired) electrons. The van der Waals surface area contributed by atoms with Crippen molar-refractivity contribution in [1.82, 2.24) is 10.2 Å². The highest BCUT2D eigenvalue weighted by Gasteiger charge is 2.35. The number of ether oxygens (including phenoxy) is 1. The van der Waals surface area contributed by atoms with Crippen molar-refractivity contribution in [3.05, 3.63) is 34.3 Å². The summed E-state index contributed by atoms with van der Waals surface area (Å²) in [7, 11) is 0. The number of alkyl halides is 3. The van der Waals surface area contributed by atoms with E-state index in [1.807, 2.05) is 0 Å². The number of benzene rings is 1. The second-order valence-corrected chi connectivity index (χ2v) is 7.62. The Labute approximate surface area is 170 Å². The molecule has 1 rings (SSSR count). The van der Waals surface area contributed by atoms with E-state index in [4.69, 9.17) is 21.4 Å². The van der Waals surface area contributed by atoms with Gasteiger partial charge in [0.2, 0.25) is 0 Å². The zero-order chi connectivity index (χ0) is 22.6. The molecule has 0 saturated carbocycles. The van der Waals surface area contributed by atoms with Gasteiger partial charge in [-0.25, -0.2) is 9.59 Å². The van der Waals surface area contributed by atoms with Gasteiger partial charge in [0.1, 0.15) is 5.60 Å². The summed E-state index contributed by atoms with van der Waals surface area (Å²) in [5, 5.41) is 10.8. The van der Waals surface area contributed by atoms with Crippen molar-refractivity contribution in [1.29, 1.82) is 0 Å². The number of halogens is 4. The quantitative estimate of drug-likeness (QED) is 0.683. The molecule has 1 unspecified atom stereocenters. The van der Waals surface area contributed by atoms with E-state index in [1.54, 1.807) is 20.8 Å². The number of aliphatic carboxylic acids is 1. The van der Waals surface area contributed by atoms with Crippen molar-refractivity contribution in [2.45, 2.75) is 52.1 Å². The van der Waals surface area contributed by atoms with E-state index in [-0.39, 0.29) is 12.1 Å². The average Bonchev–Trinajstić information content (AvgIpc) is 2.55. The first-order chi connectivity index (χ1) is 13.1. The largest absolute Gasteiger partial charge is 0.474 e. The maximum Gasteiger partial charge on any atom is 0.417 e. The fourth-order valence-electron chi connectivity index (χ4n) is 2.31. The average molecular weight is 439 g/mol. The van der Waals surface area contributed by atoms with Crippen LogP contribution in [0.4, 0.5) is 18.0 Å². The summed E-state index contributed by atoms with van der Waals surface area (Å²) >= 11 is 5.83. The first kappa shape index (κ1) is 24.5. The Morgan fingerprint density at radius 2 is 1.83 bits per heavy atom. The Bertz CT molecular complexity index is 778. The monoisotopic (exact) mass is 438 g/mol. The molecule has 0 fully saturated rings. The van der Waals surface area contributed by atoms with Crippen LogP contribution in [0.25, 0.3) is 0 Å². The third kappa shape index (κ3) is 7.45. The molecule has 2 N–H and O–H groups in total. The van der Waals surface area contributed by atoms with Gasteiger partial charge in [-0.05, 0) is 39.3 Å². The first-order valence-corrected chi connectivity index (χ1v) is 8.86. The minimum absolute atomic E-state index is 0.0831. The second-order valence-electron chi connectivity index (χ2n) is 7.25. The third-order valence-corrected chi connectivity index (χ3v) is 4.09. The van der Waals surface area contributed by atoms with Crippen molar-refractivity contribution in [3.63, 3.8) is 0 Å². The number of nitrogens with zero attached hydrogens (tertiary/aromatic N) is 1. The van der Waals surface area contributed by atoms with Gasteiger partial charge in [-0.2, -0.15) is 13.2 Å². The highest BCUT2D eigenvalue weighted by atomic mass is 35.5. The van der Waals surface area contributed by atoms with E-state index in [1.165, 1.54) is 13.0 Å². The number of carboxylic acid groups (broad SMARTS) is 1. The molecule has 0 saturated heterocycles.